The molecule has 5 heteroatoms. The normalized spacial score (nSPS) is 14.4. The van der Waals surface area contributed by atoms with Crippen molar-refractivity contribution in [3.05, 3.63) is 23.8 Å². The van der Waals surface area contributed by atoms with Crippen LogP contribution in [0, 0.1) is 5.92 Å². The summed E-state index contributed by atoms with van der Waals surface area (Å²) in [6.45, 7) is 4.33. The molecule has 4 nitrogen and oxygen atoms in total. The summed E-state index contributed by atoms with van der Waals surface area (Å²) in [5.74, 6) is 1.74. The second-order valence-corrected chi connectivity index (χ2v) is 5.08. The highest BCUT2D eigenvalue weighted by molar-refractivity contribution is 6.00. The van der Waals surface area contributed by atoms with E-state index in [0.29, 0.717) is 17.1 Å². The number of fused-ring (bicyclic) bond motifs is 1. The topological polar surface area (TPSA) is 38.8 Å². The van der Waals surface area contributed by atoms with Crippen LogP contribution < -0.4 is 9.47 Å². The fourth-order valence-electron chi connectivity index (χ4n) is 2.35. The van der Waals surface area contributed by atoms with Gasteiger partial charge in [-0.3, -0.25) is 9.69 Å². The number of hydrogen-bond acceptors (Lipinski definition) is 4. The Balaban J connectivity index is 0.00000180. The van der Waals surface area contributed by atoms with Gasteiger partial charge in [-0.1, -0.05) is 13.8 Å². The fraction of sp³-hybridized carbons (Fsp3) is 0.500. The third kappa shape index (κ3) is 3.19. The monoisotopic (exact) mass is 285 g/mol. The van der Waals surface area contributed by atoms with Crippen LogP contribution in [0.25, 0.3) is 0 Å². The average molecular weight is 286 g/mol. The molecule has 1 aromatic carbocycles. The van der Waals surface area contributed by atoms with Crippen LogP contribution in [0.1, 0.15) is 24.2 Å². The molecule has 0 radical (unpaired) electrons. The zero-order valence-corrected chi connectivity index (χ0v) is 12.5. The Labute approximate surface area is 120 Å². The molecule has 1 aromatic rings. The summed E-state index contributed by atoms with van der Waals surface area (Å²) in [5.41, 5.74) is 0.673. The number of hydrogen-bond donors (Lipinski definition) is 0. The first-order chi connectivity index (χ1) is 8.50. The molecule has 0 amide bonds. The van der Waals surface area contributed by atoms with Gasteiger partial charge in [0.05, 0.1) is 6.04 Å². The maximum absolute atomic E-state index is 12.5. The van der Waals surface area contributed by atoms with Gasteiger partial charge in [-0.05, 0) is 38.2 Å². The lowest BCUT2D eigenvalue weighted by Gasteiger charge is -2.26. The van der Waals surface area contributed by atoms with E-state index < -0.39 is 0 Å². The predicted molar refractivity (Wildman–Crippen MR) is 76.5 cm³/mol. The molecule has 0 spiro atoms. The van der Waals surface area contributed by atoms with Crippen LogP contribution in [0.4, 0.5) is 0 Å². The smallest absolute Gasteiger partial charge is 0.231 e. The van der Waals surface area contributed by atoms with Gasteiger partial charge < -0.3 is 9.47 Å². The van der Waals surface area contributed by atoms with Crippen molar-refractivity contribution in [2.45, 2.75) is 19.9 Å². The number of benzene rings is 1. The van der Waals surface area contributed by atoms with Gasteiger partial charge in [0.2, 0.25) is 6.79 Å². The zero-order chi connectivity index (χ0) is 13.3. The first-order valence-electron chi connectivity index (χ1n) is 6.11. The molecule has 0 aromatic heterocycles. The number of nitrogens with zero attached hydrogens (tertiary/aromatic N) is 1. The summed E-state index contributed by atoms with van der Waals surface area (Å²) < 4.78 is 10.5. The maximum Gasteiger partial charge on any atom is 0.231 e. The fourth-order valence-corrected chi connectivity index (χ4v) is 2.35. The van der Waals surface area contributed by atoms with Gasteiger partial charge in [0, 0.05) is 5.56 Å². The number of ether oxygens (including phenoxy) is 2. The number of ketones is 1. The quantitative estimate of drug-likeness (QED) is 0.797. The van der Waals surface area contributed by atoms with E-state index in [2.05, 4.69) is 13.8 Å². The predicted octanol–water partition coefficient (Wildman–Crippen LogP) is 2.61. The van der Waals surface area contributed by atoms with E-state index in [1.54, 1.807) is 18.2 Å². The van der Waals surface area contributed by atoms with Crippen molar-refractivity contribution in [3.8, 4) is 11.5 Å². The Morgan fingerprint density at radius 1 is 1.21 bits per heavy atom. The van der Waals surface area contributed by atoms with Gasteiger partial charge in [-0.2, -0.15) is 0 Å². The minimum atomic E-state index is -0.120. The molecule has 2 rings (SSSR count). The number of carbonyl (C=O) groups is 1. The van der Waals surface area contributed by atoms with Crippen molar-refractivity contribution in [2.75, 3.05) is 20.9 Å². The van der Waals surface area contributed by atoms with Crippen LogP contribution in [0.15, 0.2) is 18.2 Å². The minimum Gasteiger partial charge on any atom is -0.454 e. The van der Waals surface area contributed by atoms with Crippen LogP contribution in [0.5, 0.6) is 11.5 Å². The molecule has 0 saturated carbocycles. The summed E-state index contributed by atoms with van der Waals surface area (Å²) in [5, 5.41) is 0. The second kappa shape index (κ2) is 6.26. The molecule has 1 atom stereocenters. The van der Waals surface area contributed by atoms with Gasteiger partial charge in [0.15, 0.2) is 17.3 Å². The summed E-state index contributed by atoms with van der Waals surface area (Å²) in [7, 11) is 3.85. The molecular weight excluding hydrogens is 266 g/mol. The molecule has 1 aliphatic rings. The highest BCUT2D eigenvalue weighted by atomic mass is 35.5. The number of rotatable bonds is 4. The molecule has 1 aliphatic heterocycles. The molecule has 1 heterocycles. The Bertz CT molecular complexity index is 452. The molecule has 0 bridgehead atoms. The van der Waals surface area contributed by atoms with E-state index in [1.807, 2.05) is 19.0 Å². The number of carbonyl (C=O) groups excluding carboxylic acids is 1. The molecule has 0 aliphatic carbocycles. The van der Waals surface area contributed by atoms with E-state index in [4.69, 9.17) is 9.47 Å². The summed E-state index contributed by atoms with van der Waals surface area (Å²) >= 11 is 0. The van der Waals surface area contributed by atoms with Crippen molar-refractivity contribution in [1.29, 1.82) is 0 Å². The zero-order valence-electron chi connectivity index (χ0n) is 11.7. The second-order valence-electron chi connectivity index (χ2n) is 5.08. The van der Waals surface area contributed by atoms with Gasteiger partial charge >= 0.3 is 0 Å². The Morgan fingerprint density at radius 2 is 1.84 bits per heavy atom. The SMILES string of the molecule is CC(C)C(C(=O)c1ccc2c(c1)OCO2)N(C)C.Cl. The van der Waals surface area contributed by atoms with E-state index in [-0.39, 0.29) is 36.9 Å². The molecule has 1 unspecified atom stereocenters. The van der Waals surface area contributed by atoms with Crippen molar-refractivity contribution < 1.29 is 14.3 Å². The molecule has 0 N–H and O–H groups in total. The van der Waals surface area contributed by atoms with Crippen LogP contribution in [-0.2, 0) is 0 Å². The lowest BCUT2D eigenvalue weighted by molar-refractivity contribution is 0.0826. The third-order valence-electron chi connectivity index (χ3n) is 3.11. The van der Waals surface area contributed by atoms with Gasteiger partial charge in [-0.15, -0.1) is 12.4 Å². The Morgan fingerprint density at radius 3 is 2.42 bits per heavy atom. The van der Waals surface area contributed by atoms with E-state index in [0.717, 1.165) is 0 Å². The highest BCUT2D eigenvalue weighted by Gasteiger charge is 2.26. The third-order valence-corrected chi connectivity index (χ3v) is 3.11. The van der Waals surface area contributed by atoms with Gasteiger partial charge in [0.1, 0.15) is 0 Å². The van der Waals surface area contributed by atoms with Crippen molar-refractivity contribution in [3.63, 3.8) is 0 Å². The minimum absolute atomic E-state index is 0. The molecule has 106 valence electrons. The summed E-state index contributed by atoms with van der Waals surface area (Å²) in [6, 6.07) is 5.24. The van der Waals surface area contributed by atoms with Crippen LogP contribution in [0.2, 0.25) is 0 Å². The molecule has 0 saturated heterocycles. The first-order valence-corrected chi connectivity index (χ1v) is 6.11. The van der Waals surface area contributed by atoms with Gasteiger partial charge in [-0.25, -0.2) is 0 Å². The van der Waals surface area contributed by atoms with Crippen LogP contribution >= 0.6 is 12.4 Å². The van der Waals surface area contributed by atoms with E-state index in [1.165, 1.54) is 0 Å². The van der Waals surface area contributed by atoms with Crippen molar-refractivity contribution in [1.82, 2.24) is 4.90 Å². The van der Waals surface area contributed by atoms with Gasteiger partial charge in [0.25, 0.3) is 0 Å². The van der Waals surface area contributed by atoms with Crippen LogP contribution in [-0.4, -0.2) is 37.6 Å². The number of Topliss-reactive ketones (excluding diaryl/α,β-unsaturated/α-hetero) is 1. The Hall–Kier alpha value is -1.26. The molecular formula is C14H20ClNO3. The summed E-state index contributed by atoms with van der Waals surface area (Å²) in [4.78, 5) is 14.4. The number of halogens is 1. The van der Waals surface area contributed by atoms with Crippen molar-refractivity contribution >= 4 is 18.2 Å². The summed E-state index contributed by atoms with van der Waals surface area (Å²) in [6.07, 6.45) is 0. The van der Waals surface area contributed by atoms with Crippen molar-refractivity contribution in [2.24, 2.45) is 5.92 Å². The lowest BCUT2D eigenvalue weighted by Crippen LogP contribution is -2.40. The standard InChI is InChI=1S/C14H19NO3.ClH/c1-9(2)13(15(3)4)14(16)10-5-6-11-12(7-10)18-8-17-11;/h5-7,9,13H,8H2,1-4H3;1H. The van der Waals surface area contributed by atoms with Crippen LogP contribution in [0.3, 0.4) is 0 Å². The Kier molecular flexibility index (Phi) is 5.20. The first kappa shape index (κ1) is 15.8. The molecule has 0 fully saturated rings. The maximum atomic E-state index is 12.5. The highest BCUT2D eigenvalue weighted by Crippen LogP contribution is 2.33. The number of likely N-dealkylation sites (N-methyl/N-ethyl adjacent to an activating group) is 1. The van der Waals surface area contributed by atoms with E-state index in [9.17, 15) is 4.79 Å². The molecule has 19 heavy (non-hydrogen) atoms. The lowest BCUT2D eigenvalue weighted by atomic mass is 9.94. The largest absolute Gasteiger partial charge is 0.454 e. The average Bonchev–Trinajstić information content (AvgIpc) is 2.74. The van der Waals surface area contributed by atoms with E-state index >= 15 is 0 Å².